The Morgan fingerprint density at radius 3 is 2.19 bits per heavy atom. The van der Waals surface area contributed by atoms with E-state index in [1.54, 1.807) is 13.0 Å². The van der Waals surface area contributed by atoms with Crippen LogP contribution in [0.2, 0.25) is 0 Å². The van der Waals surface area contributed by atoms with E-state index in [2.05, 4.69) is 5.32 Å². The van der Waals surface area contributed by atoms with Crippen LogP contribution in [-0.4, -0.2) is 62.2 Å². The molecule has 0 bridgehead atoms. The van der Waals surface area contributed by atoms with Crippen LogP contribution in [0.3, 0.4) is 0 Å². The maximum Gasteiger partial charge on any atom is 0.304 e. The number of hydrogen-bond donors (Lipinski definition) is 1. The molecule has 0 unspecified atom stereocenters. The molecule has 0 radical (unpaired) electrons. The van der Waals surface area contributed by atoms with Gasteiger partial charge >= 0.3 is 10.2 Å². The van der Waals surface area contributed by atoms with Crippen LogP contribution in [0.5, 0.6) is 0 Å². The van der Waals surface area contributed by atoms with Crippen LogP contribution in [0, 0.1) is 20.8 Å². The molecule has 1 N–H and O–H groups in total. The molecule has 9 heteroatoms. The van der Waals surface area contributed by atoms with Gasteiger partial charge in [-0.05, 0) is 69.4 Å². The van der Waals surface area contributed by atoms with Gasteiger partial charge in [0, 0.05) is 26.7 Å². The molecule has 2 aromatic rings. The zero-order valence-corrected chi connectivity index (χ0v) is 23.5. The highest BCUT2D eigenvalue weighted by Gasteiger charge is 2.33. The summed E-state index contributed by atoms with van der Waals surface area (Å²) in [5.74, 6) is -0.739. The largest absolute Gasteiger partial charge is 0.352 e. The van der Waals surface area contributed by atoms with Gasteiger partial charge in [0.25, 0.3) is 0 Å². The number of rotatable bonds is 11. The number of nitrogens with zero attached hydrogens (tertiary/aromatic N) is 3. The third-order valence-corrected chi connectivity index (χ3v) is 8.23. The van der Waals surface area contributed by atoms with Crippen LogP contribution in [0.15, 0.2) is 42.5 Å². The molecule has 0 aliphatic carbocycles. The van der Waals surface area contributed by atoms with Gasteiger partial charge in [-0.3, -0.25) is 9.59 Å². The summed E-state index contributed by atoms with van der Waals surface area (Å²) in [4.78, 5) is 28.3. The van der Waals surface area contributed by atoms with Crippen molar-refractivity contribution >= 4 is 27.7 Å². The molecule has 36 heavy (non-hydrogen) atoms. The normalized spacial score (nSPS) is 13.2. The fraction of sp³-hybridized carbons (Fsp3) is 0.481. The molecule has 2 atom stereocenters. The molecule has 0 spiro atoms. The number of aryl methyl sites for hydroxylation is 3. The lowest BCUT2D eigenvalue weighted by atomic mass is 10.1. The fourth-order valence-electron chi connectivity index (χ4n) is 3.71. The number of benzene rings is 2. The van der Waals surface area contributed by atoms with E-state index in [4.69, 9.17) is 0 Å². The standard InChI is InChI=1S/C27H40N4O4S/c1-9-22(5)28-27(33)23(6)30(17-24-13-11-10-12-20(24)3)26(32)18-31(36(34,35)29(7)8)25-16-19(2)14-15-21(25)4/h10-16,22-23H,9,17-18H2,1-8H3,(H,28,33)/t22-,23-/m1/s1. The van der Waals surface area contributed by atoms with E-state index in [0.29, 0.717) is 5.69 Å². The van der Waals surface area contributed by atoms with Crippen LogP contribution in [0.4, 0.5) is 5.69 Å². The fourth-order valence-corrected chi connectivity index (χ4v) is 4.82. The van der Waals surface area contributed by atoms with Crippen molar-refractivity contribution in [2.75, 3.05) is 24.9 Å². The molecular weight excluding hydrogens is 476 g/mol. The Bertz CT molecular complexity index is 1180. The number of hydrogen-bond acceptors (Lipinski definition) is 4. The van der Waals surface area contributed by atoms with Crippen LogP contribution in [0.25, 0.3) is 0 Å². The van der Waals surface area contributed by atoms with Crippen molar-refractivity contribution in [2.24, 2.45) is 0 Å². The number of amides is 2. The number of nitrogens with one attached hydrogen (secondary N) is 1. The summed E-state index contributed by atoms with van der Waals surface area (Å²) in [5.41, 5.74) is 3.91. The van der Waals surface area contributed by atoms with Crippen molar-refractivity contribution in [1.82, 2.24) is 14.5 Å². The van der Waals surface area contributed by atoms with Crippen molar-refractivity contribution in [2.45, 2.75) is 66.6 Å². The topological polar surface area (TPSA) is 90.0 Å². The van der Waals surface area contributed by atoms with Gasteiger partial charge in [-0.15, -0.1) is 0 Å². The molecule has 2 amide bonds. The average molecular weight is 517 g/mol. The number of carbonyl (C=O) groups excluding carboxylic acids is 2. The lowest BCUT2D eigenvalue weighted by molar-refractivity contribution is -0.139. The summed E-state index contributed by atoms with van der Waals surface area (Å²) in [6.07, 6.45) is 0.756. The Hall–Kier alpha value is -2.91. The Labute approximate surface area is 216 Å². The molecule has 8 nitrogen and oxygen atoms in total. The van der Waals surface area contributed by atoms with Crippen LogP contribution in [0.1, 0.15) is 49.4 Å². The SMILES string of the molecule is CC[C@@H](C)NC(=O)[C@@H](C)N(Cc1ccccc1C)C(=O)CN(c1cc(C)ccc1C)S(=O)(=O)N(C)C. The van der Waals surface area contributed by atoms with Crippen molar-refractivity contribution < 1.29 is 18.0 Å². The lowest BCUT2D eigenvalue weighted by Gasteiger charge is -2.34. The highest BCUT2D eigenvalue weighted by molar-refractivity contribution is 7.90. The predicted octanol–water partition coefficient (Wildman–Crippen LogP) is 3.56. The van der Waals surface area contributed by atoms with Gasteiger partial charge in [-0.2, -0.15) is 12.7 Å². The second-order valence-corrected chi connectivity index (χ2v) is 11.6. The lowest BCUT2D eigenvalue weighted by Crippen LogP contribution is -2.53. The van der Waals surface area contributed by atoms with Gasteiger partial charge in [-0.1, -0.05) is 43.3 Å². The summed E-state index contributed by atoms with van der Waals surface area (Å²) in [6, 6.07) is 12.3. The quantitative estimate of drug-likeness (QED) is 0.495. The molecule has 0 aromatic heterocycles. The second kappa shape index (κ2) is 12.4. The van der Waals surface area contributed by atoms with Crippen LogP contribution >= 0.6 is 0 Å². The molecular formula is C27H40N4O4S. The van der Waals surface area contributed by atoms with E-state index in [0.717, 1.165) is 37.3 Å². The minimum Gasteiger partial charge on any atom is -0.352 e. The molecule has 0 heterocycles. The first-order valence-corrected chi connectivity index (χ1v) is 13.6. The van der Waals surface area contributed by atoms with E-state index in [1.165, 1.54) is 19.0 Å². The van der Waals surface area contributed by atoms with Gasteiger partial charge in [0.1, 0.15) is 12.6 Å². The highest BCUT2D eigenvalue weighted by atomic mass is 32.2. The molecule has 0 saturated carbocycles. The van der Waals surface area contributed by atoms with Crippen LogP contribution in [-0.2, 0) is 26.3 Å². The second-order valence-electron chi connectivity index (χ2n) is 9.53. The number of carbonyl (C=O) groups is 2. The smallest absolute Gasteiger partial charge is 0.304 e. The zero-order valence-electron chi connectivity index (χ0n) is 22.7. The summed E-state index contributed by atoms with van der Waals surface area (Å²) in [6.45, 7) is 10.9. The minimum atomic E-state index is -3.99. The Morgan fingerprint density at radius 1 is 0.972 bits per heavy atom. The Kier molecular flexibility index (Phi) is 10.1. The average Bonchev–Trinajstić information content (AvgIpc) is 2.82. The van der Waals surface area contributed by atoms with Gasteiger partial charge < -0.3 is 10.2 Å². The van der Waals surface area contributed by atoms with Gasteiger partial charge in [0.05, 0.1) is 5.69 Å². The summed E-state index contributed by atoms with van der Waals surface area (Å²) < 4.78 is 28.9. The summed E-state index contributed by atoms with van der Waals surface area (Å²) in [5, 5.41) is 2.94. The minimum absolute atomic E-state index is 0.0454. The van der Waals surface area contributed by atoms with E-state index in [-0.39, 0.29) is 18.5 Å². The first kappa shape index (κ1) is 29.3. The Balaban J connectivity index is 2.52. The molecule has 198 valence electrons. The summed E-state index contributed by atoms with van der Waals surface area (Å²) >= 11 is 0. The van der Waals surface area contributed by atoms with Crippen molar-refractivity contribution in [3.8, 4) is 0 Å². The van der Waals surface area contributed by atoms with Gasteiger partial charge in [0.15, 0.2) is 0 Å². The maximum atomic E-state index is 13.8. The molecule has 0 fully saturated rings. The summed E-state index contributed by atoms with van der Waals surface area (Å²) in [7, 11) is -1.12. The first-order valence-electron chi connectivity index (χ1n) is 12.2. The predicted molar refractivity (Wildman–Crippen MR) is 145 cm³/mol. The monoisotopic (exact) mass is 516 g/mol. The third-order valence-electron chi connectivity index (χ3n) is 6.42. The molecule has 2 aromatic carbocycles. The highest BCUT2D eigenvalue weighted by Crippen LogP contribution is 2.26. The van der Waals surface area contributed by atoms with Crippen molar-refractivity contribution in [3.63, 3.8) is 0 Å². The number of anilines is 1. The van der Waals surface area contributed by atoms with Crippen molar-refractivity contribution in [3.05, 3.63) is 64.7 Å². The van der Waals surface area contributed by atoms with Gasteiger partial charge in [-0.25, -0.2) is 4.31 Å². The third kappa shape index (κ3) is 7.07. The van der Waals surface area contributed by atoms with Crippen molar-refractivity contribution in [1.29, 1.82) is 0 Å². The van der Waals surface area contributed by atoms with E-state index >= 15 is 0 Å². The molecule has 2 rings (SSSR count). The first-order chi connectivity index (χ1) is 16.8. The molecule has 0 aliphatic rings. The zero-order chi connectivity index (χ0) is 27.2. The van der Waals surface area contributed by atoms with Crippen LogP contribution < -0.4 is 9.62 Å². The Morgan fingerprint density at radius 2 is 1.61 bits per heavy atom. The van der Waals surface area contributed by atoms with E-state index in [1.807, 2.05) is 71.0 Å². The van der Waals surface area contributed by atoms with Gasteiger partial charge in [0.2, 0.25) is 11.8 Å². The molecule has 0 saturated heterocycles. The molecule has 0 aliphatic heterocycles. The van der Waals surface area contributed by atoms with E-state index < -0.39 is 28.7 Å². The van der Waals surface area contributed by atoms with E-state index in [9.17, 15) is 18.0 Å². The maximum absolute atomic E-state index is 13.8.